The van der Waals surface area contributed by atoms with Gasteiger partial charge in [-0.1, -0.05) is 42.6 Å². The summed E-state index contributed by atoms with van der Waals surface area (Å²) < 4.78 is 0. The lowest BCUT2D eigenvalue weighted by Crippen LogP contribution is -2.49. The minimum absolute atomic E-state index is 0.0375. The van der Waals surface area contributed by atoms with Crippen molar-refractivity contribution in [3.05, 3.63) is 41.0 Å². The van der Waals surface area contributed by atoms with Crippen molar-refractivity contribution in [2.75, 3.05) is 6.61 Å². The Hall–Kier alpha value is -1.85. The van der Waals surface area contributed by atoms with Crippen LogP contribution in [0.3, 0.4) is 0 Å². The molecule has 1 aromatic heterocycles. The third-order valence-corrected chi connectivity index (χ3v) is 4.54. The second-order valence-corrected chi connectivity index (χ2v) is 6.15. The van der Waals surface area contributed by atoms with Crippen molar-refractivity contribution in [1.29, 1.82) is 0 Å². The summed E-state index contributed by atoms with van der Waals surface area (Å²) in [5.41, 5.74) is 1.28. The Bertz CT molecular complexity index is 678. The molecule has 0 aliphatic heterocycles. The van der Waals surface area contributed by atoms with E-state index in [1.807, 2.05) is 18.2 Å². The van der Waals surface area contributed by atoms with Crippen LogP contribution in [0.15, 0.2) is 30.3 Å². The molecule has 0 spiro atoms. The van der Waals surface area contributed by atoms with Gasteiger partial charge >= 0.3 is 0 Å². The van der Waals surface area contributed by atoms with Crippen LogP contribution in [0.5, 0.6) is 0 Å². The summed E-state index contributed by atoms with van der Waals surface area (Å²) in [5, 5.41) is 20.0. The first-order chi connectivity index (χ1) is 10.6. The van der Waals surface area contributed by atoms with Crippen LogP contribution in [0, 0.1) is 0 Å². The molecule has 5 nitrogen and oxygen atoms in total. The fourth-order valence-corrected chi connectivity index (χ4v) is 3.16. The first-order valence-corrected chi connectivity index (χ1v) is 7.75. The quantitative estimate of drug-likeness (QED) is 0.811. The normalized spacial score (nSPS) is 16.6. The van der Waals surface area contributed by atoms with Gasteiger partial charge in [0.25, 0.3) is 5.91 Å². The van der Waals surface area contributed by atoms with Crippen LogP contribution in [0.25, 0.3) is 11.3 Å². The van der Waals surface area contributed by atoms with E-state index in [2.05, 4.69) is 15.5 Å². The number of amides is 1. The fourth-order valence-electron chi connectivity index (χ4n) is 2.93. The molecule has 6 heteroatoms. The van der Waals surface area contributed by atoms with Gasteiger partial charge in [-0.05, 0) is 25.0 Å². The Morgan fingerprint density at radius 3 is 2.77 bits per heavy atom. The average molecular weight is 320 g/mol. The molecule has 1 aromatic carbocycles. The van der Waals surface area contributed by atoms with Gasteiger partial charge in [0.2, 0.25) is 0 Å². The Morgan fingerprint density at radius 1 is 1.36 bits per heavy atom. The van der Waals surface area contributed by atoms with Gasteiger partial charge in [0.05, 0.1) is 22.9 Å². The molecule has 1 fully saturated rings. The van der Waals surface area contributed by atoms with E-state index < -0.39 is 5.54 Å². The maximum Gasteiger partial charge on any atom is 0.269 e. The van der Waals surface area contributed by atoms with E-state index in [4.69, 9.17) is 11.6 Å². The molecule has 0 bridgehead atoms. The molecule has 22 heavy (non-hydrogen) atoms. The molecule has 3 N–H and O–H groups in total. The Morgan fingerprint density at radius 2 is 2.09 bits per heavy atom. The monoisotopic (exact) mass is 319 g/mol. The van der Waals surface area contributed by atoms with Crippen molar-refractivity contribution in [1.82, 2.24) is 15.5 Å². The van der Waals surface area contributed by atoms with E-state index in [-0.39, 0.29) is 12.5 Å². The predicted octanol–water partition coefficient (Wildman–Crippen LogP) is 2.76. The number of carbonyl (C=O) groups is 1. The van der Waals surface area contributed by atoms with Crippen LogP contribution < -0.4 is 5.32 Å². The van der Waals surface area contributed by atoms with Gasteiger partial charge < -0.3 is 10.4 Å². The number of hydrogen-bond acceptors (Lipinski definition) is 3. The zero-order chi connectivity index (χ0) is 15.6. The number of aromatic nitrogens is 2. The minimum atomic E-state index is -0.493. The lowest BCUT2D eigenvalue weighted by molar-refractivity contribution is 0.0833. The van der Waals surface area contributed by atoms with Crippen LogP contribution in [0.2, 0.25) is 5.02 Å². The number of aliphatic hydroxyl groups is 1. The van der Waals surface area contributed by atoms with E-state index in [1.165, 1.54) is 0 Å². The number of halogens is 1. The second kappa shape index (κ2) is 6.10. The maximum atomic E-state index is 12.4. The number of benzene rings is 1. The van der Waals surface area contributed by atoms with E-state index in [0.29, 0.717) is 16.4 Å². The second-order valence-electron chi connectivity index (χ2n) is 5.75. The molecular weight excluding hydrogens is 302 g/mol. The third kappa shape index (κ3) is 2.87. The van der Waals surface area contributed by atoms with Crippen molar-refractivity contribution in [3.63, 3.8) is 0 Å². The van der Waals surface area contributed by atoms with E-state index in [1.54, 1.807) is 12.1 Å². The zero-order valence-corrected chi connectivity index (χ0v) is 12.9. The predicted molar refractivity (Wildman–Crippen MR) is 84.8 cm³/mol. The molecule has 116 valence electrons. The molecule has 1 heterocycles. The molecule has 2 aromatic rings. The highest BCUT2D eigenvalue weighted by atomic mass is 35.5. The van der Waals surface area contributed by atoms with Crippen molar-refractivity contribution in [2.45, 2.75) is 31.2 Å². The number of H-pyrrole nitrogens is 1. The van der Waals surface area contributed by atoms with Crippen LogP contribution in [0.4, 0.5) is 0 Å². The number of rotatable bonds is 4. The van der Waals surface area contributed by atoms with Gasteiger partial charge in [0.1, 0.15) is 5.69 Å². The van der Waals surface area contributed by atoms with Crippen molar-refractivity contribution in [2.24, 2.45) is 0 Å². The standard InChI is InChI=1S/C16H18ClN3O2/c17-12-6-2-1-5-11(12)13-9-14(20-19-13)15(22)18-16(10-21)7-3-4-8-16/h1-2,5-6,9,21H,3-4,7-8,10H2,(H,18,22)(H,19,20). The summed E-state index contributed by atoms with van der Waals surface area (Å²) in [6, 6.07) is 9.03. The van der Waals surface area contributed by atoms with Gasteiger partial charge in [-0.15, -0.1) is 0 Å². The first kappa shape index (κ1) is 15.1. The molecule has 1 aliphatic rings. The van der Waals surface area contributed by atoms with E-state index in [9.17, 15) is 9.90 Å². The summed E-state index contributed by atoms with van der Waals surface area (Å²) in [5.74, 6) is -0.248. The molecular formula is C16H18ClN3O2. The lowest BCUT2D eigenvalue weighted by Gasteiger charge is -2.27. The van der Waals surface area contributed by atoms with Crippen molar-refractivity contribution < 1.29 is 9.90 Å². The molecule has 1 aliphatic carbocycles. The van der Waals surface area contributed by atoms with Crippen LogP contribution in [-0.2, 0) is 0 Å². The molecule has 1 saturated carbocycles. The van der Waals surface area contributed by atoms with Crippen LogP contribution in [-0.4, -0.2) is 33.4 Å². The molecule has 0 saturated heterocycles. The van der Waals surface area contributed by atoms with Gasteiger partial charge in [-0.3, -0.25) is 9.89 Å². The number of nitrogens with one attached hydrogen (secondary N) is 2. The summed E-state index contributed by atoms with van der Waals surface area (Å²) in [6.07, 6.45) is 3.66. The summed E-state index contributed by atoms with van der Waals surface area (Å²) in [7, 11) is 0. The highest BCUT2D eigenvalue weighted by Crippen LogP contribution is 2.30. The van der Waals surface area contributed by atoms with Gasteiger partial charge in [-0.2, -0.15) is 5.10 Å². The SMILES string of the molecule is O=C(NC1(CO)CCCC1)c1cc(-c2ccccc2Cl)n[nH]1. The zero-order valence-electron chi connectivity index (χ0n) is 12.1. The highest BCUT2D eigenvalue weighted by molar-refractivity contribution is 6.33. The van der Waals surface area contributed by atoms with E-state index >= 15 is 0 Å². The number of hydrogen-bond donors (Lipinski definition) is 3. The number of nitrogens with zero attached hydrogens (tertiary/aromatic N) is 1. The topological polar surface area (TPSA) is 78.0 Å². The van der Waals surface area contributed by atoms with Gasteiger partial charge in [-0.25, -0.2) is 0 Å². The number of carbonyl (C=O) groups excluding carboxylic acids is 1. The number of aliphatic hydroxyl groups excluding tert-OH is 1. The van der Waals surface area contributed by atoms with Crippen LogP contribution >= 0.6 is 11.6 Å². The lowest BCUT2D eigenvalue weighted by atomic mass is 9.98. The fraction of sp³-hybridized carbons (Fsp3) is 0.375. The highest BCUT2D eigenvalue weighted by Gasteiger charge is 2.35. The molecule has 1 amide bonds. The van der Waals surface area contributed by atoms with Crippen molar-refractivity contribution in [3.8, 4) is 11.3 Å². The van der Waals surface area contributed by atoms with E-state index in [0.717, 1.165) is 31.2 Å². The summed E-state index contributed by atoms with van der Waals surface area (Å²) >= 11 is 6.14. The summed E-state index contributed by atoms with van der Waals surface area (Å²) in [6.45, 7) is -0.0375. The van der Waals surface area contributed by atoms with Gasteiger partial charge in [0, 0.05) is 5.56 Å². The third-order valence-electron chi connectivity index (χ3n) is 4.21. The van der Waals surface area contributed by atoms with Gasteiger partial charge in [0.15, 0.2) is 0 Å². The smallest absolute Gasteiger partial charge is 0.269 e. The largest absolute Gasteiger partial charge is 0.394 e. The number of aromatic amines is 1. The van der Waals surface area contributed by atoms with Crippen molar-refractivity contribution >= 4 is 17.5 Å². The Balaban J connectivity index is 1.79. The first-order valence-electron chi connectivity index (χ1n) is 7.37. The molecule has 0 atom stereocenters. The average Bonchev–Trinajstić information content (AvgIpc) is 3.17. The minimum Gasteiger partial charge on any atom is -0.394 e. The Labute approximate surface area is 133 Å². The molecule has 0 unspecified atom stereocenters. The Kier molecular flexibility index (Phi) is 4.18. The van der Waals surface area contributed by atoms with Crippen LogP contribution in [0.1, 0.15) is 36.2 Å². The maximum absolute atomic E-state index is 12.4. The summed E-state index contributed by atoms with van der Waals surface area (Å²) in [4.78, 5) is 12.4. The molecule has 0 radical (unpaired) electrons. The molecule has 3 rings (SSSR count).